The van der Waals surface area contributed by atoms with Crippen molar-refractivity contribution in [1.29, 1.82) is 0 Å². The van der Waals surface area contributed by atoms with Crippen LogP contribution in [0.25, 0.3) is 0 Å². The van der Waals surface area contributed by atoms with E-state index < -0.39 is 44.2 Å². The topological polar surface area (TPSA) is 179 Å². The molecule has 0 amide bonds. The van der Waals surface area contributed by atoms with Crippen LogP contribution in [-0.4, -0.2) is 137 Å². The van der Waals surface area contributed by atoms with E-state index in [4.69, 9.17) is 25.1 Å². The molecule has 10 nitrogen and oxygen atoms in total. The Morgan fingerprint density at radius 3 is 1.35 bits per heavy atom. The Kier molecular flexibility index (Phi) is 17.7. The summed E-state index contributed by atoms with van der Waals surface area (Å²) in [6.45, 7) is 0. The average Bonchev–Trinajstić information content (AvgIpc) is 1.96. The molecule has 0 saturated carbocycles. The summed E-state index contributed by atoms with van der Waals surface area (Å²) in [5, 5.41) is 25.5. The third kappa shape index (κ3) is 12.1. The van der Waals surface area contributed by atoms with Crippen molar-refractivity contribution in [3.63, 3.8) is 0 Å². The van der Waals surface area contributed by atoms with Crippen molar-refractivity contribution in [3.05, 3.63) is 0 Å². The molecule has 0 aromatic heterocycles. The molecule has 0 aliphatic heterocycles. The molecular weight excluding hydrogens is 332 g/mol. The molecule has 104 valence electrons. The van der Waals surface area contributed by atoms with Crippen molar-refractivity contribution in [2.45, 2.75) is 18.4 Å². The van der Waals surface area contributed by atoms with Gasteiger partial charge >= 0.3 is 114 Å². The number of hydrogen-bond donors (Lipinski definition) is 5. The fraction of sp³-hybridized carbons (Fsp3) is 0.500. The van der Waals surface area contributed by atoms with Crippen LogP contribution in [0, 0.1) is 0 Å². The van der Waals surface area contributed by atoms with E-state index in [9.17, 15) is 18.9 Å². The summed E-state index contributed by atoms with van der Waals surface area (Å²) >= 11 is 0. The van der Waals surface area contributed by atoms with Crippen molar-refractivity contribution < 1.29 is 48.6 Å². The van der Waals surface area contributed by atoms with Gasteiger partial charge in [0.1, 0.15) is 0 Å². The Morgan fingerprint density at radius 2 is 1.20 bits per heavy atom. The van der Waals surface area contributed by atoms with Gasteiger partial charge in [-0.1, -0.05) is 0 Å². The first-order valence-corrected chi connectivity index (χ1v) is 5.45. The van der Waals surface area contributed by atoms with Gasteiger partial charge in [-0.2, -0.15) is 0 Å². The van der Waals surface area contributed by atoms with E-state index >= 15 is 0 Å². The van der Waals surface area contributed by atoms with Crippen molar-refractivity contribution in [1.82, 2.24) is 0 Å². The zero-order valence-corrected chi connectivity index (χ0v) is 9.03. The molecule has 0 fully saturated rings. The molecule has 0 atom stereocenters. The zero-order chi connectivity index (χ0) is 13.9. The van der Waals surface area contributed by atoms with Crippen LogP contribution in [0.1, 0.15) is 12.8 Å². The van der Waals surface area contributed by atoms with E-state index in [1.807, 2.05) is 0 Å². The number of phosphoric acid groups is 1. The van der Waals surface area contributed by atoms with Crippen LogP contribution in [0.5, 0.6) is 0 Å². The second-order valence-electron chi connectivity index (χ2n) is 3.02. The molecule has 0 aliphatic carbocycles. The average molecular weight is 344 g/mol. The third-order valence-corrected chi connectivity index (χ3v) is 2.14. The Balaban J connectivity index is -0.000000427. The SMILES string of the molecule is O=C(O)CC(CC(=O)O)(OP(=O)(O)O)C(=O)O.[NaH].[NaH].[NaH]. The maximum absolute atomic E-state index is 10.8. The quantitative estimate of drug-likeness (QED) is 0.235. The van der Waals surface area contributed by atoms with Crippen LogP contribution in [-0.2, 0) is 23.5 Å². The standard InChI is InChI=1S/C6H9O10P.3Na.3H/c7-3(8)1-6(5(11)12,2-4(9)10)16-17(13,14)15;;;;;;/h1-2H2,(H,7,8)(H,9,10)(H,11,12)(H2,13,14,15);;;;;;. The molecule has 5 N–H and O–H groups in total. The molecular formula is C6H12Na3O10P. The summed E-state index contributed by atoms with van der Waals surface area (Å²) in [5.41, 5.74) is -3.02. The Hall–Kier alpha value is 1.52. The Bertz CT molecular complexity index is 376. The second kappa shape index (κ2) is 12.0. The minimum atomic E-state index is -5.36. The maximum atomic E-state index is 10.8. The van der Waals surface area contributed by atoms with Crippen molar-refractivity contribution in [2.75, 3.05) is 0 Å². The minimum absolute atomic E-state index is 0. The van der Waals surface area contributed by atoms with Gasteiger partial charge in [0.05, 0.1) is 12.8 Å². The molecule has 0 radical (unpaired) electrons. The van der Waals surface area contributed by atoms with Crippen molar-refractivity contribution in [2.24, 2.45) is 0 Å². The Morgan fingerprint density at radius 1 is 0.900 bits per heavy atom. The van der Waals surface area contributed by atoms with E-state index in [0.29, 0.717) is 0 Å². The van der Waals surface area contributed by atoms with Gasteiger partial charge in [0.25, 0.3) is 0 Å². The van der Waals surface area contributed by atoms with Gasteiger partial charge in [0.15, 0.2) is 5.60 Å². The summed E-state index contributed by atoms with van der Waals surface area (Å²) in [5.74, 6) is -5.64. The van der Waals surface area contributed by atoms with Crippen molar-refractivity contribution >= 4 is 114 Å². The molecule has 0 bridgehead atoms. The predicted molar refractivity (Wildman–Crippen MR) is 69.4 cm³/mol. The van der Waals surface area contributed by atoms with Crippen LogP contribution in [0.2, 0.25) is 0 Å². The van der Waals surface area contributed by atoms with Crippen molar-refractivity contribution in [3.8, 4) is 0 Å². The second-order valence-corrected chi connectivity index (χ2v) is 4.19. The van der Waals surface area contributed by atoms with Gasteiger partial charge in [-0.15, -0.1) is 0 Å². The molecule has 0 heterocycles. The fourth-order valence-electron chi connectivity index (χ4n) is 1.03. The Labute approximate surface area is 179 Å². The van der Waals surface area contributed by atoms with Crippen LogP contribution >= 0.6 is 7.82 Å². The molecule has 0 aromatic carbocycles. The molecule has 0 rings (SSSR count). The molecule has 0 aliphatic rings. The molecule has 0 aromatic rings. The number of carboxylic acid groups (broad SMARTS) is 3. The van der Waals surface area contributed by atoms with Crippen LogP contribution in [0.15, 0.2) is 0 Å². The van der Waals surface area contributed by atoms with Gasteiger partial charge in [-0.05, 0) is 0 Å². The molecule has 20 heavy (non-hydrogen) atoms. The normalized spacial score (nSPS) is 10.3. The number of carbonyl (C=O) groups is 3. The number of carboxylic acids is 3. The van der Waals surface area contributed by atoms with Crippen LogP contribution in [0.3, 0.4) is 0 Å². The number of phosphoric ester groups is 1. The number of rotatable bonds is 7. The molecule has 0 unspecified atom stereocenters. The zero-order valence-electron chi connectivity index (χ0n) is 8.14. The van der Waals surface area contributed by atoms with E-state index in [1.165, 1.54) is 0 Å². The van der Waals surface area contributed by atoms with Gasteiger partial charge < -0.3 is 25.1 Å². The molecule has 0 spiro atoms. The third-order valence-electron chi connectivity index (χ3n) is 1.56. The van der Waals surface area contributed by atoms with Gasteiger partial charge in [0.2, 0.25) is 0 Å². The fourth-order valence-corrected chi connectivity index (χ4v) is 1.70. The first-order chi connectivity index (χ1) is 7.48. The monoisotopic (exact) mass is 344 g/mol. The van der Waals surface area contributed by atoms with E-state index in [1.54, 1.807) is 0 Å². The number of aliphatic carboxylic acids is 3. The first-order valence-electron chi connectivity index (χ1n) is 3.92. The molecule has 14 heteroatoms. The van der Waals surface area contributed by atoms with E-state index in [0.717, 1.165) is 0 Å². The van der Waals surface area contributed by atoms with Crippen LogP contribution < -0.4 is 0 Å². The predicted octanol–water partition coefficient (Wildman–Crippen LogP) is -3.08. The summed E-state index contributed by atoms with van der Waals surface area (Å²) < 4.78 is 14.4. The first kappa shape index (κ1) is 29.5. The molecule has 0 saturated heterocycles. The summed E-state index contributed by atoms with van der Waals surface area (Å²) in [6.07, 6.45) is -2.81. The van der Waals surface area contributed by atoms with Gasteiger partial charge in [-0.25, -0.2) is 9.36 Å². The van der Waals surface area contributed by atoms with Gasteiger partial charge in [0, 0.05) is 0 Å². The van der Waals surface area contributed by atoms with Crippen LogP contribution in [0.4, 0.5) is 0 Å². The van der Waals surface area contributed by atoms with E-state index in [-0.39, 0.29) is 88.7 Å². The number of hydrogen-bond acceptors (Lipinski definition) is 5. The van der Waals surface area contributed by atoms with E-state index in [2.05, 4.69) is 4.52 Å². The van der Waals surface area contributed by atoms with Gasteiger partial charge in [-0.3, -0.25) is 14.1 Å². The summed E-state index contributed by atoms with van der Waals surface area (Å²) in [7, 11) is -5.36. The summed E-state index contributed by atoms with van der Waals surface area (Å²) in [4.78, 5) is 48.5. The summed E-state index contributed by atoms with van der Waals surface area (Å²) in [6, 6.07) is 0.